The maximum atomic E-state index is 5.66. The molecule has 2 aromatic rings. The lowest BCUT2D eigenvalue weighted by atomic mass is 10.1. The smallest absolute Gasteiger partial charge is 0.191 e. The molecule has 0 fully saturated rings. The van der Waals surface area contributed by atoms with Gasteiger partial charge in [0.05, 0.1) is 12.7 Å². The molecule has 0 spiro atoms. The third-order valence-electron chi connectivity index (χ3n) is 3.59. The molecule has 0 atom stereocenters. The van der Waals surface area contributed by atoms with Gasteiger partial charge in [0.25, 0.3) is 0 Å². The molecule has 0 saturated heterocycles. The van der Waals surface area contributed by atoms with Gasteiger partial charge >= 0.3 is 0 Å². The number of benzene rings is 1. The Morgan fingerprint density at radius 3 is 2.58 bits per heavy atom. The van der Waals surface area contributed by atoms with Crippen molar-refractivity contribution in [3.63, 3.8) is 0 Å². The Hall–Kier alpha value is -2.27. The van der Waals surface area contributed by atoms with Gasteiger partial charge in [0.2, 0.25) is 0 Å². The van der Waals surface area contributed by atoms with E-state index in [0.717, 1.165) is 25.6 Å². The summed E-state index contributed by atoms with van der Waals surface area (Å²) in [6.45, 7) is 7.23. The molecule has 5 heteroatoms. The molecule has 2 N–H and O–H groups in total. The molecule has 0 radical (unpaired) electrons. The van der Waals surface area contributed by atoms with E-state index in [4.69, 9.17) is 4.74 Å². The predicted octanol–water partition coefficient (Wildman–Crippen LogP) is 2.78. The Balaban J connectivity index is 1.76. The second kappa shape index (κ2) is 9.78. The first-order chi connectivity index (χ1) is 11.7. The van der Waals surface area contributed by atoms with Gasteiger partial charge in [-0.3, -0.25) is 4.99 Å². The van der Waals surface area contributed by atoms with E-state index in [-0.39, 0.29) is 6.10 Å². The second-order valence-corrected chi connectivity index (χ2v) is 5.95. The number of hydrogen-bond donors (Lipinski definition) is 2. The molecule has 2 rings (SSSR count). The number of aromatic nitrogens is 1. The Morgan fingerprint density at radius 1 is 1.12 bits per heavy atom. The van der Waals surface area contributed by atoms with Gasteiger partial charge in [-0.05, 0) is 37.1 Å². The highest BCUT2D eigenvalue weighted by Crippen LogP contribution is 2.07. The monoisotopic (exact) mass is 328 g/mol. The number of nitrogens with zero attached hydrogens (tertiary/aromatic N) is 2. The van der Waals surface area contributed by atoms with Crippen LogP contribution >= 0.6 is 0 Å². The summed E-state index contributed by atoms with van der Waals surface area (Å²) in [6, 6.07) is 12.5. The van der Waals surface area contributed by atoms with Gasteiger partial charge in [-0.2, -0.15) is 0 Å². The van der Waals surface area contributed by atoms with Crippen molar-refractivity contribution in [2.45, 2.75) is 39.6 Å². The largest absolute Gasteiger partial charge is 0.374 e. The highest BCUT2D eigenvalue weighted by molar-refractivity contribution is 5.79. The van der Waals surface area contributed by atoms with E-state index in [1.54, 1.807) is 7.05 Å². The van der Waals surface area contributed by atoms with Crippen LogP contribution in [0.3, 0.4) is 0 Å². The molecular formula is C19H28N4O. The lowest BCUT2D eigenvalue weighted by molar-refractivity contribution is 0.0657. The Bertz CT molecular complexity index is 620. The molecule has 1 heterocycles. The van der Waals surface area contributed by atoms with Crippen molar-refractivity contribution in [3.05, 3.63) is 59.9 Å². The number of hydrogen-bond acceptors (Lipinski definition) is 2. The molecule has 0 aliphatic rings. The number of ether oxygens (including phenoxy) is 1. The third-order valence-corrected chi connectivity index (χ3v) is 3.59. The van der Waals surface area contributed by atoms with Crippen molar-refractivity contribution >= 4 is 5.96 Å². The maximum Gasteiger partial charge on any atom is 0.191 e. The van der Waals surface area contributed by atoms with Gasteiger partial charge in [0.15, 0.2) is 5.96 Å². The van der Waals surface area contributed by atoms with Gasteiger partial charge in [-0.15, -0.1) is 0 Å². The van der Waals surface area contributed by atoms with Crippen LogP contribution in [0.2, 0.25) is 0 Å². The summed E-state index contributed by atoms with van der Waals surface area (Å²) < 4.78 is 7.80. The average Bonchev–Trinajstić information content (AvgIpc) is 3.10. The van der Waals surface area contributed by atoms with Crippen LogP contribution in [0, 0.1) is 0 Å². The van der Waals surface area contributed by atoms with Crippen LogP contribution in [0.4, 0.5) is 0 Å². The van der Waals surface area contributed by atoms with Gasteiger partial charge in [-0.25, -0.2) is 0 Å². The maximum absolute atomic E-state index is 5.66. The van der Waals surface area contributed by atoms with Crippen LogP contribution in [-0.4, -0.2) is 30.2 Å². The first-order valence-electron chi connectivity index (χ1n) is 8.42. The third kappa shape index (κ3) is 6.46. The lowest BCUT2D eigenvalue weighted by Gasteiger charge is -2.13. The molecule has 0 aliphatic carbocycles. The van der Waals surface area contributed by atoms with E-state index in [2.05, 4.69) is 70.7 Å². The van der Waals surface area contributed by atoms with Crippen molar-refractivity contribution in [1.82, 2.24) is 15.2 Å². The van der Waals surface area contributed by atoms with Crippen molar-refractivity contribution in [3.8, 4) is 0 Å². The molecule has 5 nitrogen and oxygen atoms in total. The molecular weight excluding hydrogens is 300 g/mol. The number of guanidine groups is 1. The highest BCUT2D eigenvalue weighted by atomic mass is 16.5. The topological polar surface area (TPSA) is 50.6 Å². The van der Waals surface area contributed by atoms with Gasteiger partial charge in [0, 0.05) is 39.1 Å². The summed E-state index contributed by atoms with van der Waals surface area (Å²) in [5.41, 5.74) is 2.41. The SMILES string of the molecule is CN=C(NCCn1cccc1)NCc1cccc(COC(C)C)c1. The van der Waals surface area contributed by atoms with Crippen molar-refractivity contribution in [2.24, 2.45) is 4.99 Å². The molecule has 0 amide bonds. The quantitative estimate of drug-likeness (QED) is 0.579. The molecule has 1 aromatic carbocycles. The van der Waals surface area contributed by atoms with Crippen molar-refractivity contribution in [2.75, 3.05) is 13.6 Å². The summed E-state index contributed by atoms with van der Waals surface area (Å²) in [5, 5.41) is 6.67. The van der Waals surface area contributed by atoms with Gasteiger partial charge < -0.3 is 19.9 Å². The summed E-state index contributed by atoms with van der Waals surface area (Å²) in [6.07, 6.45) is 4.36. The van der Waals surface area contributed by atoms with Gasteiger partial charge in [0.1, 0.15) is 0 Å². The zero-order valence-electron chi connectivity index (χ0n) is 14.8. The summed E-state index contributed by atoms with van der Waals surface area (Å²) in [7, 11) is 1.79. The fraction of sp³-hybridized carbons (Fsp3) is 0.421. The molecule has 130 valence electrons. The fourth-order valence-corrected chi connectivity index (χ4v) is 2.32. The van der Waals surface area contributed by atoms with E-state index in [1.807, 2.05) is 12.1 Å². The Labute approximate surface area is 144 Å². The Morgan fingerprint density at radius 2 is 1.88 bits per heavy atom. The van der Waals surface area contributed by atoms with Crippen LogP contribution in [0.5, 0.6) is 0 Å². The minimum atomic E-state index is 0.245. The van der Waals surface area contributed by atoms with Crippen molar-refractivity contribution < 1.29 is 4.74 Å². The lowest BCUT2D eigenvalue weighted by Crippen LogP contribution is -2.38. The van der Waals surface area contributed by atoms with E-state index in [9.17, 15) is 0 Å². The van der Waals surface area contributed by atoms with Crippen LogP contribution in [0.1, 0.15) is 25.0 Å². The molecule has 24 heavy (non-hydrogen) atoms. The van der Waals surface area contributed by atoms with E-state index >= 15 is 0 Å². The number of aliphatic imine (C=N–C) groups is 1. The van der Waals surface area contributed by atoms with Crippen LogP contribution in [0.25, 0.3) is 0 Å². The zero-order chi connectivity index (χ0) is 17.2. The van der Waals surface area contributed by atoms with Crippen LogP contribution in [0.15, 0.2) is 53.8 Å². The molecule has 0 bridgehead atoms. The van der Waals surface area contributed by atoms with Crippen LogP contribution < -0.4 is 10.6 Å². The summed E-state index contributed by atoms with van der Waals surface area (Å²) in [5.74, 6) is 0.811. The minimum Gasteiger partial charge on any atom is -0.374 e. The van der Waals surface area contributed by atoms with E-state index in [0.29, 0.717) is 6.61 Å². The number of rotatable bonds is 8. The average molecular weight is 328 g/mol. The summed E-state index contributed by atoms with van der Waals surface area (Å²) in [4.78, 5) is 4.26. The zero-order valence-corrected chi connectivity index (χ0v) is 14.8. The van der Waals surface area contributed by atoms with Gasteiger partial charge in [-0.1, -0.05) is 24.3 Å². The molecule has 0 saturated carbocycles. The van der Waals surface area contributed by atoms with Crippen molar-refractivity contribution in [1.29, 1.82) is 0 Å². The summed E-state index contributed by atoms with van der Waals surface area (Å²) >= 11 is 0. The fourth-order valence-electron chi connectivity index (χ4n) is 2.32. The molecule has 0 aliphatic heterocycles. The van der Waals surface area contributed by atoms with Crippen LogP contribution in [-0.2, 0) is 24.4 Å². The normalized spacial score (nSPS) is 11.8. The predicted molar refractivity (Wildman–Crippen MR) is 99.0 cm³/mol. The number of nitrogens with one attached hydrogen (secondary N) is 2. The minimum absolute atomic E-state index is 0.245. The standard InChI is InChI=1S/C19H28N4O/c1-16(2)24-15-18-8-6-7-17(13-18)14-22-19(20-3)21-9-12-23-10-4-5-11-23/h4-8,10-11,13,16H,9,12,14-15H2,1-3H3,(H2,20,21,22). The second-order valence-electron chi connectivity index (χ2n) is 5.95. The van der Waals surface area contributed by atoms with E-state index in [1.165, 1.54) is 11.1 Å². The first-order valence-corrected chi connectivity index (χ1v) is 8.42. The molecule has 0 unspecified atom stereocenters. The Kier molecular flexibility index (Phi) is 7.36. The van der Waals surface area contributed by atoms with E-state index < -0.39 is 0 Å². The highest BCUT2D eigenvalue weighted by Gasteiger charge is 2.01. The first kappa shape index (κ1) is 18.1. The molecule has 1 aromatic heterocycles.